The maximum absolute atomic E-state index is 13.0. The lowest BCUT2D eigenvalue weighted by Crippen LogP contribution is -2.49. The minimum atomic E-state index is -1.09. The largest absolute Gasteiger partial charge is 0.444 e. The van der Waals surface area contributed by atoms with Crippen molar-refractivity contribution in [1.29, 1.82) is 0 Å². The summed E-state index contributed by atoms with van der Waals surface area (Å²) in [5.74, 6) is 0.597. The lowest BCUT2D eigenvalue weighted by atomic mass is 9.91. The summed E-state index contributed by atoms with van der Waals surface area (Å²) in [6, 6.07) is 1.50. The summed E-state index contributed by atoms with van der Waals surface area (Å²) < 4.78 is 6.75. The van der Waals surface area contributed by atoms with E-state index in [1.165, 1.54) is 17.0 Å². The first-order valence-electron chi connectivity index (χ1n) is 13.7. The summed E-state index contributed by atoms with van der Waals surface area (Å²) in [6.45, 7) is 15.0. The molecule has 0 spiro atoms. The molecule has 1 atom stereocenters. The van der Waals surface area contributed by atoms with Gasteiger partial charge < -0.3 is 25.0 Å². The Kier molecular flexibility index (Phi) is 10.1. The van der Waals surface area contributed by atoms with Crippen LogP contribution >= 0.6 is 0 Å². The number of anilines is 1. The van der Waals surface area contributed by atoms with E-state index in [0.717, 1.165) is 25.0 Å². The molecule has 1 unspecified atom stereocenters. The zero-order chi connectivity index (χ0) is 28.6. The highest BCUT2D eigenvalue weighted by atomic mass is 16.6. The Morgan fingerprint density at radius 1 is 1.23 bits per heavy atom. The van der Waals surface area contributed by atoms with Crippen LogP contribution in [0.25, 0.3) is 0 Å². The van der Waals surface area contributed by atoms with E-state index in [1.54, 1.807) is 17.1 Å². The van der Waals surface area contributed by atoms with Gasteiger partial charge >= 0.3 is 6.09 Å². The van der Waals surface area contributed by atoms with Crippen molar-refractivity contribution in [3.63, 3.8) is 0 Å². The van der Waals surface area contributed by atoms with Crippen molar-refractivity contribution in [1.82, 2.24) is 19.8 Å². The number of piperidine rings is 1. The van der Waals surface area contributed by atoms with Gasteiger partial charge in [0.2, 0.25) is 5.91 Å². The van der Waals surface area contributed by atoms with E-state index in [-0.39, 0.29) is 24.1 Å². The van der Waals surface area contributed by atoms with Crippen molar-refractivity contribution in [2.45, 2.75) is 83.1 Å². The third-order valence-electron chi connectivity index (χ3n) is 7.15. The number of hydrogen-bond donors (Lipinski definition) is 2. The molecule has 2 amide bonds. The van der Waals surface area contributed by atoms with Gasteiger partial charge in [-0.05, 0) is 58.4 Å². The maximum atomic E-state index is 13.0. The van der Waals surface area contributed by atoms with Crippen LogP contribution in [0.5, 0.6) is 0 Å². The van der Waals surface area contributed by atoms with Crippen molar-refractivity contribution >= 4 is 17.8 Å². The number of carbonyl (C=O) groups excluding carboxylic acids is 2. The van der Waals surface area contributed by atoms with Crippen LogP contribution in [-0.4, -0.2) is 75.0 Å². The number of amides is 2. The summed E-state index contributed by atoms with van der Waals surface area (Å²) in [6.07, 6.45) is 9.80. The number of aromatic nitrogens is 2. The number of carbonyl (C=O) groups is 2. The highest BCUT2D eigenvalue weighted by molar-refractivity contribution is 5.76. The SMILES string of the molecule is C=C/C=C(\C=C)CCC(=O)N1CCC(O)(Cn2cnc(N3CCCC3CNC(=O)OC(C)(C)C)cc2=O)CC1. The summed E-state index contributed by atoms with van der Waals surface area (Å²) >= 11 is 0. The number of rotatable bonds is 10. The van der Waals surface area contributed by atoms with E-state index in [4.69, 9.17) is 4.74 Å². The lowest BCUT2D eigenvalue weighted by Gasteiger charge is -2.38. The molecule has 0 aliphatic carbocycles. The van der Waals surface area contributed by atoms with E-state index < -0.39 is 17.3 Å². The fraction of sp³-hybridized carbons (Fsp3) is 0.586. The molecule has 3 heterocycles. The average molecular weight is 542 g/mol. The van der Waals surface area contributed by atoms with Crippen LogP contribution in [-0.2, 0) is 16.1 Å². The number of allylic oxidation sites excluding steroid dienone is 4. The molecule has 1 aromatic heterocycles. The van der Waals surface area contributed by atoms with Crippen LogP contribution in [0.4, 0.5) is 10.6 Å². The maximum Gasteiger partial charge on any atom is 0.407 e. The van der Waals surface area contributed by atoms with E-state index in [2.05, 4.69) is 23.5 Å². The fourth-order valence-corrected chi connectivity index (χ4v) is 5.02. The highest BCUT2D eigenvalue weighted by Gasteiger charge is 2.35. The Bertz CT molecular complexity index is 1130. The Hall–Kier alpha value is -3.40. The molecule has 2 aliphatic rings. The first kappa shape index (κ1) is 30.1. The summed E-state index contributed by atoms with van der Waals surface area (Å²) in [7, 11) is 0. The van der Waals surface area contributed by atoms with Crippen molar-refractivity contribution in [2.75, 3.05) is 31.1 Å². The number of nitrogens with zero attached hydrogens (tertiary/aromatic N) is 4. The molecule has 3 rings (SSSR count). The minimum Gasteiger partial charge on any atom is -0.444 e. The van der Waals surface area contributed by atoms with E-state index in [1.807, 2.05) is 31.7 Å². The average Bonchev–Trinajstić information content (AvgIpc) is 3.34. The lowest BCUT2D eigenvalue weighted by molar-refractivity contribution is -0.135. The van der Waals surface area contributed by atoms with Crippen molar-refractivity contribution in [3.05, 3.63) is 59.7 Å². The highest BCUT2D eigenvalue weighted by Crippen LogP contribution is 2.26. The van der Waals surface area contributed by atoms with Crippen molar-refractivity contribution < 1.29 is 19.4 Å². The molecule has 0 radical (unpaired) electrons. The predicted molar refractivity (Wildman–Crippen MR) is 152 cm³/mol. The molecule has 214 valence electrons. The summed E-state index contributed by atoms with van der Waals surface area (Å²) in [5.41, 5.74) is -0.947. The Balaban J connectivity index is 1.54. The molecule has 10 heteroatoms. The zero-order valence-corrected chi connectivity index (χ0v) is 23.5. The Morgan fingerprint density at radius 3 is 2.56 bits per heavy atom. The van der Waals surface area contributed by atoms with Crippen molar-refractivity contribution in [2.24, 2.45) is 0 Å². The molecule has 2 fully saturated rings. The van der Waals surface area contributed by atoms with Gasteiger partial charge in [0, 0.05) is 44.7 Å². The van der Waals surface area contributed by atoms with E-state index in [9.17, 15) is 19.5 Å². The summed E-state index contributed by atoms with van der Waals surface area (Å²) in [4.78, 5) is 46.0. The topological polar surface area (TPSA) is 117 Å². The van der Waals surface area contributed by atoms with Gasteiger partial charge in [-0.2, -0.15) is 0 Å². The van der Waals surface area contributed by atoms with Gasteiger partial charge in [0.15, 0.2) is 0 Å². The number of alkyl carbamates (subject to hydrolysis) is 1. The van der Waals surface area contributed by atoms with E-state index in [0.29, 0.717) is 51.1 Å². The van der Waals surface area contributed by atoms with Crippen LogP contribution in [0.1, 0.15) is 59.3 Å². The third kappa shape index (κ3) is 8.81. The third-order valence-corrected chi connectivity index (χ3v) is 7.15. The van der Waals surface area contributed by atoms with Crippen LogP contribution in [0.2, 0.25) is 0 Å². The van der Waals surface area contributed by atoms with Gasteiger partial charge in [-0.25, -0.2) is 9.78 Å². The molecule has 0 saturated carbocycles. The monoisotopic (exact) mass is 541 g/mol. The number of hydrogen-bond acceptors (Lipinski definition) is 7. The van der Waals surface area contributed by atoms with Gasteiger partial charge in [-0.15, -0.1) is 0 Å². The molecule has 2 N–H and O–H groups in total. The second-order valence-electron chi connectivity index (χ2n) is 11.4. The molecule has 1 aromatic rings. The quantitative estimate of drug-likeness (QED) is 0.437. The molecule has 0 bridgehead atoms. The number of nitrogens with one attached hydrogen (secondary N) is 1. The van der Waals surface area contributed by atoms with Gasteiger partial charge in [0.05, 0.1) is 18.5 Å². The molecule has 2 saturated heterocycles. The van der Waals surface area contributed by atoms with Crippen molar-refractivity contribution in [3.8, 4) is 0 Å². The Morgan fingerprint density at radius 2 is 1.95 bits per heavy atom. The van der Waals surface area contributed by atoms with Crippen LogP contribution in [0.15, 0.2) is 54.1 Å². The van der Waals surface area contributed by atoms with Crippen LogP contribution in [0.3, 0.4) is 0 Å². The number of ether oxygens (including phenoxy) is 1. The second-order valence-corrected chi connectivity index (χ2v) is 11.4. The van der Waals surface area contributed by atoms with Gasteiger partial charge in [-0.1, -0.05) is 31.4 Å². The first-order valence-corrected chi connectivity index (χ1v) is 13.7. The molecule has 0 aromatic carbocycles. The normalized spacial score (nSPS) is 19.5. The van der Waals surface area contributed by atoms with Gasteiger partial charge in [0.1, 0.15) is 11.4 Å². The molecule has 10 nitrogen and oxygen atoms in total. The first-order chi connectivity index (χ1) is 18.4. The fourth-order valence-electron chi connectivity index (χ4n) is 5.02. The number of aliphatic hydroxyl groups is 1. The van der Waals surface area contributed by atoms with Gasteiger partial charge in [0.25, 0.3) is 5.56 Å². The minimum absolute atomic E-state index is 0.0149. The molecular formula is C29H43N5O5. The predicted octanol–water partition coefficient (Wildman–Crippen LogP) is 3.17. The van der Waals surface area contributed by atoms with Gasteiger partial charge in [-0.3, -0.25) is 14.2 Å². The zero-order valence-electron chi connectivity index (χ0n) is 23.5. The molecular weight excluding hydrogens is 498 g/mol. The van der Waals surface area contributed by atoms with Crippen LogP contribution in [0, 0.1) is 0 Å². The smallest absolute Gasteiger partial charge is 0.407 e. The standard InChI is InChI=1S/C29H43N5O5/c1-6-9-22(7-2)11-12-25(35)32-16-13-29(38,14-17-32)20-33-21-31-24(18-26(33)36)34-15-8-10-23(34)19-30-27(37)39-28(3,4)5/h6-7,9,18,21,23,38H,1-2,8,10-17,19-20H2,3-5H3,(H,30,37)/b22-9+. The Labute approximate surface area is 231 Å². The van der Waals surface area contributed by atoms with Crippen LogP contribution < -0.4 is 15.8 Å². The molecule has 2 aliphatic heterocycles. The summed E-state index contributed by atoms with van der Waals surface area (Å²) in [5, 5.41) is 14.0. The number of likely N-dealkylation sites (tertiary alicyclic amines) is 1. The van der Waals surface area contributed by atoms with E-state index >= 15 is 0 Å². The second kappa shape index (κ2) is 13.1. The molecule has 39 heavy (non-hydrogen) atoms.